The first kappa shape index (κ1) is 15.3. The Kier molecular flexibility index (Phi) is 5.37. The molecule has 0 bridgehead atoms. The highest BCUT2D eigenvalue weighted by Crippen LogP contribution is 2.19. The van der Waals surface area contributed by atoms with Crippen LogP contribution in [-0.2, 0) is 14.3 Å². The number of nitrogens with one attached hydrogen (secondary N) is 2. The fourth-order valence-electron chi connectivity index (χ4n) is 2.91. The van der Waals surface area contributed by atoms with Crippen molar-refractivity contribution in [1.29, 1.82) is 0 Å². The van der Waals surface area contributed by atoms with Gasteiger partial charge in [0.15, 0.2) is 0 Å². The molecule has 3 unspecified atom stereocenters. The summed E-state index contributed by atoms with van der Waals surface area (Å²) >= 11 is 0. The minimum absolute atomic E-state index is 0.0128. The fourth-order valence-corrected chi connectivity index (χ4v) is 2.91. The number of rotatable bonds is 5. The van der Waals surface area contributed by atoms with E-state index in [0.29, 0.717) is 32.2 Å². The lowest BCUT2D eigenvalue weighted by Gasteiger charge is -2.31. The standard InChI is InChI=1S/C14H25N3O3/c1-10-12(4-3-5-15-10)16-14(19)11-8-13(18)17(9-11)6-7-20-2/h10-12,15H,3-9H2,1-2H3,(H,16,19). The fraction of sp³-hybridized carbons (Fsp3) is 0.857. The van der Waals surface area contributed by atoms with Gasteiger partial charge >= 0.3 is 0 Å². The maximum absolute atomic E-state index is 12.3. The molecule has 0 aromatic heterocycles. The highest BCUT2D eigenvalue weighted by molar-refractivity contribution is 5.89. The Balaban J connectivity index is 1.82. The Morgan fingerprint density at radius 1 is 1.55 bits per heavy atom. The minimum atomic E-state index is -0.214. The van der Waals surface area contributed by atoms with Crippen molar-refractivity contribution in [3.05, 3.63) is 0 Å². The summed E-state index contributed by atoms with van der Waals surface area (Å²) < 4.78 is 4.98. The molecule has 2 rings (SSSR count). The first-order valence-corrected chi connectivity index (χ1v) is 7.42. The monoisotopic (exact) mass is 283 g/mol. The van der Waals surface area contributed by atoms with Gasteiger partial charge < -0.3 is 20.3 Å². The molecule has 20 heavy (non-hydrogen) atoms. The quantitative estimate of drug-likeness (QED) is 0.729. The van der Waals surface area contributed by atoms with Gasteiger partial charge in [-0.2, -0.15) is 0 Å². The van der Waals surface area contributed by atoms with E-state index in [-0.39, 0.29) is 23.8 Å². The van der Waals surface area contributed by atoms with Crippen LogP contribution in [-0.4, -0.2) is 62.1 Å². The number of carbonyl (C=O) groups is 2. The van der Waals surface area contributed by atoms with Crippen molar-refractivity contribution in [1.82, 2.24) is 15.5 Å². The van der Waals surface area contributed by atoms with Gasteiger partial charge in [0.2, 0.25) is 11.8 Å². The van der Waals surface area contributed by atoms with Crippen LogP contribution in [0.4, 0.5) is 0 Å². The van der Waals surface area contributed by atoms with Gasteiger partial charge in [0.25, 0.3) is 0 Å². The molecule has 6 heteroatoms. The molecule has 2 amide bonds. The van der Waals surface area contributed by atoms with Gasteiger partial charge in [0, 0.05) is 38.7 Å². The Morgan fingerprint density at radius 2 is 2.35 bits per heavy atom. The van der Waals surface area contributed by atoms with Crippen molar-refractivity contribution in [2.24, 2.45) is 5.92 Å². The van der Waals surface area contributed by atoms with E-state index in [9.17, 15) is 9.59 Å². The molecule has 2 aliphatic rings. The van der Waals surface area contributed by atoms with Crippen LogP contribution in [0.5, 0.6) is 0 Å². The van der Waals surface area contributed by atoms with Crippen molar-refractivity contribution >= 4 is 11.8 Å². The molecular formula is C14H25N3O3. The van der Waals surface area contributed by atoms with E-state index < -0.39 is 0 Å². The second-order valence-electron chi connectivity index (χ2n) is 5.73. The Morgan fingerprint density at radius 3 is 3.05 bits per heavy atom. The average Bonchev–Trinajstić information content (AvgIpc) is 2.80. The zero-order valence-corrected chi connectivity index (χ0v) is 12.4. The number of likely N-dealkylation sites (tertiary alicyclic amines) is 1. The average molecular weight is 283 g/mol. The van der Waals surface area contributed by atoms with Crippen LogP contribution >= 0.6 is 0 Å². The third-order valence-corrected chi connectivity index (χ3v) is 4.24. The first-order valence-electron chi connectivity index (χ1n) is 7.42. The smallest absolute Gasteiger partial charge is 0.225 e. The highest BCUT2D eigenvalue weighted by Gasteiger charge is 2.35. The van der Waals surface area contributed by atoms with Crippen LogP contribution in [0.1, 0.15) is 26.2 Å². The SMILES string of the molecule is COCCN1CC(C(=O)NC2CCCNC2C)CC1=O. The molecule has 2 fully saturated rings. The summed E-state index contributed by atoms with van der Waals surface area (Å²) in [5.74, 6) is -0.149. The number of piperidine rings is 1. The van der Waals surface area contributed by atoms with E-state index in [1.54, 1.807) is 12.0 Å². The van der Waals surface area contributed by atoms with E-state index in [2.05, 4.69) is 17.6 Å². The van der Waals surface area contributed by atoms with Gasteiger partial charge in [-0.3, -0.25) is 9.59 Å². The Hall–Kier alpha value is -1.14. The third kappa shape index (κ3) is 3.70. The van der Waals surface area contributed by atoms with Gasteiger partial charge in [-0.05, 0) is 26.3 Å². The van der Waals surface area contributed by atoms with Crippen molar-refractivity contribution < 1.29 is 14.3 Å². The number of hydrogen-bond acceptors (Lipinski definition) is 4. The Bertz CT molecular complexity index is 362. The lowest BCUT2D eigenvalue weighted by molar-refractivity contribution is -0.129. The second-order valence-corrected chi connectivity index (χ2v) is 5.73. The minimum Gasteiger partial charge on any atom is -0.383 e. The summed E-state index contributed by atoms with van der Waals surface area (Å²) in [5, 5.41) is 6.46. The molecule has 3 atom stereocenters. The van der Waals surface area contributed by atoms with E-state index >= 15 is 0 Å². The maximum Gasteiger partial charge on any atom is 0.225 e. The summed E-state index contributed by atoms with van der Waals surface area (Å²) in [6.07, 6.45) is 2.41. The van der Waals surface area contributed by atoms with Crippen LogP contribution in [0.3, 0.4) is 0 Å². The Labute approximate surface area is 120 Å². The number of ether oxygens (including phenoxy) is 1. The summed E-state index contributed by atoms with van der Waals surface area (Å²) in [6.45, 7) is 4.71. The molecule has 0 aliphatic carbocycles. The topological polar surface area (TPSA) is 70.7 Å². The number of nitrogens with zero attached hydrogens (tertiary/aromatic N) is 1. The first-order chi connectivity index (χ1) is 9.61. The van der Waals surface area contributed by atoms with E-state index in [1.165, 1.54) is 0 Å². The molecule has 6 nitrogen and oxygen atoms in total. The zero-order valence-electron chi connectivity index (χ0n) is 12.4. The largest absolute Gasteiger partial charge is 0.383 e. The number of hydrogen-bond donors (Lipinski definition) is 2. The number of amides is 2. The van der Waals surface area contributed by atoms with Crippen LogP contribution in [0.15, 0.2) is 0 Å². The van der Waals surface area contributed by atoms with Gasteiger partial charge in [0.05, 0.1) is 12.5 Å². The number of carbonyl (C=O) groups excluding carboxylic acids is 2. The van der Waals surface area contributed by atoms with Crippen LogP contribution in [0.2, 0.25) is 0 Å². The molecule has 2 saturated heterocycles. The van der Waals surface area contributed by atoms with Crippen LogP contribution in [0.25, 0.3) is 0 Å². The van der Waals surface area contributed by atoms with Crippen LogP contribution in [0, 0.1) is 5.92 Å². The molecular weight excluding hydrogens is 258 g/mol. The molecule has 114 valence electrons. The predicted molar refractivity (Wildman–Crippen MR) is 75.2 cm³/mol. The lowest BCUT2D eigenvalue weighted by atomic mass is 9.98. The second kappa shape index (κ2) is 7.04. The third-order valence-electron chi connectivity index (χ3n) is 4.24. The zero-order chi connectivity index (χ0) is 14.5. The van der Waals surface area contributed by atoms with Crippen LogP contribution < -0.4 is 10.6 Å². The highest BCUT2D eigenvalue weighted by atomic mass is 16.5. The van der Waals surface area contributed by atoms with Crippen molar-refractivity contribution in [3.63, 3.8) is 0 Å². The maximum atomic E-state index is 12.3. The lowest BCUT2D eigenvalue weighted by Crippen LogP contribution is -2.53. The summed E-state index contributed by atoms with van der Waals surface area (Å²) in [7, 11) is 1.61. The number of methoxy groups -OCH3 is 1. The summed E-state index contributed by atoms with van der Waals surface area (Å²) in [5.41, 5.74) is 0. The molecule has 2 heterocycles. The van der Waals surface area contributed by atoms with E-state index in [1.807, 2.05) is 0 Å². The molecule has 2 N–H and O–H groups in total. The normalized spacial score (nSPS) is 30.6. The molecule has 0 saturated carbocycles. The van der Waals surface area contributed by atoms with Gasteiger partial charge in [-0.25, -0.2) is 0 Å². The predicted octanol–water partition coefficient (Wildman–Crippen LogP) is -0.262. The van der Waals surface area contributed by atoms with Crippen molar-refractivity contribution in [3.8, 4) is 0 Å². The van der Waals surface area contributed by atoms with Gasteiger partial charge in [-0.1, -0.05) is 0 Å². The van der Waals surface area contributed by atoms with Crippen molar-refractivity contribution in [2.75, 3.05) is 33.4 Å². The summed E-state index contributed by atoms with van der Waals surface area (Å²) in [4.78, 5) is 25.8. The van der Waals surface area contributed by atoms with E-state index in [4.69, 9.17) is 4.74 Å². The molecule has 0 aromatic carbocycles. The van der Waals surface area contributed by atoms with Gasteiger partial charge in [-0.15, -0.1) is 0 Å². The molecule has 0 radical (unpaired) electrons. The molecule has 2 aliphatic heterocycles. The van der Waals surface area contributed by atoms with E-state index in [0.717, 1.165) is 19.4 Å². The van der Waals surface area contributed by atoms with Crippen molar-refractivity contribution in [2.45, 2.75) is 38.3 Å². The molecule has 0 aromatic rings. The summed E-state index contributed by atoms with van der Waals surface area (Å²) in [6, 6.07) is 0.480. The van der Waals surface area contributed by atoms with Gasteiger partial charge in [0.1, 0.15) is 0 Å². The molecule has 0 spiro atoms.